The minimum atomic E-state index is -0.593. The summed E-state index contributed by atoms with van der Waals surface area (Å²) in [6.45, 7) is 7.16. The molecule has 0 bridgehead atoms. The molecular formula is C21H31N3O5. The molecule has 1 N–H and O–H groups in total. The molecule has 2 saturated heterocycles. The fourth-order valence-corrected chi connectivity index (χ4v) is 3.84. The van der Waals surface area contributed by atoms with Crippen LogP contribution in [0.15, 0.2) is 23.0 Å². The highest BCUT2D eigenvalue weighted by molar-refractivity contribution is 5.94. The number of rotatable bonds is 3. The zero-order chi connectivity index (χ0) is 21.0. The van der Waals surface area contributed by atoms with Crippen molar-refractivity contribution in [1.29, 1.82) is 0 Å². The summed E-state index contributed by atoms with van der Waals surface area (Å²) < 4.78 is 10.5. The van der Waals surface area contributed by atoms with Gasteiger partial charge in [0, 0.05) is 25.7 Å². The molecule has 0 spiro atoms. The minimum absolute atomic E-state index is 0.00156. The van der Waals surface area contributed by atoms with Gasteiger partial charge in [0.25, 0.3) is 5.91 Å². The molecule has 1 aromatic rings. The molecule has 0 aromatic carbocycles. The van der Waals surface area contributed by atoms with Crippen LogP contribution >= 0.6 is 0 Å². The number of likely N-dealkylation sites (tertiary alicyclic amines) is 2. The standard InChI is InChI=1S/C21H31N3O5/c1-21(2,3)29-20(27)24-10-5-4-6-17(24)18(25)22-16-7-11-23(12-8-16)19(26)15-9-13-28-14-15/h9,13-14,16-17H,4-8,10-12H2,1-3H3,(H,22,25). The predicted octanol–water partition coefficient (Wildman–Crippen LogP) is 2.79. The molecule has 1 atom stereocenters. The molecular weight excluding hydrogens is 374 g/mol. The lowest BCUT2D eigenvalue weighted by Gasteiger charge is -2.37. The van der Waals surface area contributed by atoms with Gasteiger partial charge in [0.2, 0.25) is 5.91 Å². The normalized spacial score (nSPS) is 21.0. The van der Waals surface area contributed by atoms with E-state index in [9.17, 15) is 14.4 Å². The van der Waals surface area contributed by atoms with Crippen molar-refractivity contribution in [2.45, 2.75) is 70.6 Å². The quantitative estimate of drug-likeness (QED) is 0.835. The SMILES string of the molecule is CC(C)(C)OC(=O)N1CCCCC1C(=O)NC1CCN(C(=O)c2ccoc2)CC1. The lowest BCUT2D eigenvalue weighted by Crippen LogP contribution is -2.56. The number of hydrogen-bond donors (Lipinski definition) is 1. The molecule has 1 aromatic heterocycles. The van der Waals surface area contributed by atoms with Crippen molar-refractivity contribution < 1.29 is 23.5 Å². The summed E-state index contributed by atoms with van der Waals surface area (Å²) in [6, 6.07) is 1.16. The molecule has 2 fully saturated rings. The summed E-state index contributed by atoms with van der Waals surface area (Å²) in [5.41, 5.74) is -0.0492. The molecule has 3 heterocycles. The molecule has 0 radical (unpaired) electrons. The summed E-state index contributed by atoms with van der Waals surface area (Å²) in [7, 11) is 0. The van der Waals surface area contributed by atoms with Crippen LogP contribution in [-0.4, -0.2) is 65.0 Å². The molecule has 0 saturated carbocycles. The second-order valence-corrected chi connectivity index (χ2v) is 8.77. The molecule has 3 amide bonds. The van der Waals surface area contributed by atoms with Gasteiger partial charge in [0.15, 0.2) is 0 Å². The first-order valence-electron chi connectivity index (χ1n) is 10.4. The monoisotopic (exact) mass is 405 g/mol. The van der Waals surface area contributed by atoms with Crippen LogP contribution in [0, 0.1) is 0 Å². The number of ether oxygens (including phenoxy) is 1. The van der Waals surface area contributed by atoms with Crippen molar-refractivity contribution in [2.24, 2.45) is 0 Å². The Morgan fingerprint density at radius 3 is 2.45 bits per heavy atom. The maximum absolute atomic E-state index is 12.9. The van der Waals surface area contributed by atoms with Gasteiger partial charge < -0.3 is 19.4 Å². The van der Waals surface area contributed by atoms with Gasteiger partial charge in [-0.3, -0.25) is 14.5 Å². The zero-order valence-electron chi connectivity index (χ0n) is 17.5. The number of amides is 3. The minimum Gasteiger partial charge on any atom is -0.472 e. The lowest BCUT2D eigenvalue weighted by molar-refractivity contribution is -0.128. The van der Waals surface area contributed by atoms with E-state index in [-0.39, 0.29) is 17.9 Å². The van der Waals surface area contributed by atoms with E-state index in [1.165, 1.54) is 12.5 Å². The predicted molar refractivity (Wildman–Crippen MR) is 106 cm³/mol. The third-order valence-electron chi connectivity index (χ3n) is 5.33. The summed E-state index contributed by atoms with van der Waals surface area (Å²) >= 11 is 0. The molecule has 8 nitrogen and oxygen atoms in total. The first kappa shape index (κ1) is 21.2. The largest absolute Gasteiger partial charge is 0.472 e. The molecule has 1 unspecified atom stereocenters. The Hall–Kier alpha value is -2.51. The van der Waals surface area contributed by atoms with E-state index in [0.29, 0.717) is 44.5 Å². The Bertz CT molecular complexity index is 717. The molecule has 160 valence electrons. The van der Waals surface area contributed by atoms with Gasteiger partial charge in [-0.15, -0.1) is 0 Å². The van der Waals surface area contributed by atoms with Crippen LogP contribution in [-0.2, 0) is 9.53 Å². The van der Waals surface area contributed by atoms with E-state index in [4.69, 9.17) is 9.15 Å². The topological polar surface area (TPSA) is 92.1 Å². The second kappa shape index (κ2) is 8.88. The van der Waals surface area contributed by atoms with Gasteiger partial charge in [-0.05, 0) is 58.9 Å². The molecule has 3 rings (SSSR count). The second-order valence-electron chi connectivity index (χ2n) is 8.77. The van der Waals surface area contributed by atoms with E-state index in [1.54, 1.807) is 15.9 Å². The van der Waals surface area contributed by atoms with Crippen LogP contribution in [0.1, 0.15) is 63.2 Å². The molecule has 29 heavy (non-hydrogen) atoms. The molecule has 0 aliphatic carbocycles. The smallest absolute Gasteiger partial charge is 0.410 e. The van der Waals surface area contributed by atoms with E-state index in [1.807, 2.05) is 20.8 Å². The van der Waals surface area contributed by atoms with Gasteiger partial charge >= 0.3 is 6.09 Å². The first-order chi connectivity index (χ1) is 13.7. The van der Waals surface area contributed by atoms with Crippen molar-refractivity contribution in [1.82, 2.24) is 15.1 Å². The summed E-state index contributed by atoms with van der Waals surface area (Å²) in [5, 5.41) is 3.09. The number of carbonyl (C=O) groups is 3. The Kier molecular flexibility index (Phi) is 6.49. The van der Waals surface area contributed by atoms with Crippen LogP contribution in [0.5, 0.6) is 0 Å². The lowest BCUT2D eigenvalue weighted by atomic mass is 9.99. The van der Waals surface area contributed by atoms with Gasteiger partial charge in [-0.2, -0.15) is 0 Å². The van der Waals surface area contributed by atoms with E-state index < -0.39 is 17.7 Å². The number of piperidine rings is 2. The van der Waals surface area contributed by atoms with Crippen molar-refractivity contribution in [3.8, 4) is 0 Å². The van der Waals surface area contributed by atoms with Crippen LogP contribution in [0.4, 0.5) is 4.79 Å². The van der Waals surface area contributed by atoms with Crippen LogP contribution in [0.25, 0.3) is 0 Å². The Morgan fingerprint density at radius 1 is 1.10 bits per heavy atom. The van der Waals surface area contributed by atoms with Crippen molar-refractivity contribution >= 4 is 17.9 Å². The van der Waals surface area contributed by atoms with Crippen molar-refractivity contribution in [3.05, 3.63) is 24.2 Å². The van der Waals surface area contributed by atoms with Crippen molar-refractivity contribution in [3.63, 3.8) is 0 Å². The maximum Gasteiger partial charge on any atom is 0.410 e. The molecule has 2 aliphatic rings. The zero-order valence-corrected chi connectivity index (χ0v) is 17.5. The third kappa shape index (κ3) is 5.52. The number of furan rings is 1. The summed E-state index contributed by atoms with van der Waals surface area (Å²) in [5.74, 6) is -0.179. The number of nitrogens with one attached hydrogen (secondary N) is 1. The molecule has 2 aliphatic heterocycles. The van der Waals surface area contributed by atoms with Gasteiger partial charge in [0.1, 0.15) is 17.9 Å². The Morgan fingerprint density at radius 2 is 1.83 bits per heavy atom. The fraction of sp³-hybridized carbons (Fsp3) is 0.667. The first-order valence-corrected chi connectivity index (χ1v) is 10.4. The Labute approximate surface area is 171 Å². The van der Waals surface area contributed by atoms with E-state index >= 15 is 0 Å². The van der Waals surface area contributed by atoms with E-state index in [0.717, 1.165) is 12.8 Å². The number of hydrogen-bond acceptors (Lipinski definition) is 5. The maximum atomic E-state index is 12.9. The van der Waals surface area contributed by atoms with Crippen LogP contribution in [0.3, 0.4) is 0 Å². The highest BCUT2D eigenvalue weighted by Gasteiger charge is 2.36. The summed E-state index contributed by atoms with van der Waals surface area (Å²) in [4.78, 5) is 41.1. The molecule has 8 heteroatoms. The Balaban J connectivity index is 1.52. The van der Waals surface area contributed by atoms with Gasteiger partial charge in [-0.1, -0.05) is 0 Å². The fourth-order valence-electron chi connectivity index (χ4n) is 3.84. The number of carbonyl (C=O) groups excluding carboxylic acids is 3. The van der Waals surface area contributed by atoms with Gasteiger partial charge in [0.05, 0.1) is 11.8 Å². The summed E-state index contributed by atoms with van der Waals surface area (Å²) in [6.07, 6.45) is 6.31. The third-order valence-corrected chi connectivity index (χ3v) is 5.33. The van der Waals surface area contributed by atoms with E-state index in [2.05, 4.69) is 5.32 Å². The highest BCUT2D eigenvalue weighted by Crippen LogP contribution is 2.22. The van der Waals surface area contributed by atoms with Crippen molar-refractivity contribution in [2.75, 3.05) is 19.6 Å². The highest BCUT2D eigenvalue weighted by atomic mass is 16.6. The average Bonchev–Trinajstić information content (AvgIpc) is 3.21. The van der Waals surface area contributed by atoms with Crippen LogP contribution in [0.2, 0.25) is 0 Å². The average molecular weight is 405 g/mol. The number of nitrogens with zero attached hydrogens (tertiary/aromatic N) is 2. The van der Waals surface area contributed by atoms with Crippen LogP contribution < -0.4 is 5.32 Å². The van der Waals surface area contributed by atoms with Gasteiger partial charge in [-0.25, -0.2) is 4.79 Å².